The second-order valence-corrected chi connectivity index (χ2v) is 10.5. The summed E-state index contributed by atoms with van der Waals surface area (Å²) < 4.78 is 29.0. The van der Waals surface area contributed by atoms with Gasteiger partial charge in [-0.25, -0.2) is 0 Å². The van der Waals surface area contributed by atoms with E-state index in [2.05, 4.69) is 9.97 Å². The fraction of sp³-hybridized carbons (Fsp3) is 0.267. The molecule has 41 heavy (non-hydrogen) atoms. The average Bonchev–Trinajstić information content (AvgIpc) is 2.98. The average molecular weight is 638 g/mol. The van der Waals surface area contributed by atoms with E-state index in [1.54, 1.807) is 53.2 Å². The van der Waals surface area contributed by atoms with Crippen LogP contribution in [-0.2, 0) is 17.6 Å². The Bertz CT molecular complexity index is 1350. The summed E-state index contributed by atoms with van der Waals surface area (Å²) in [6, 6.07) is 11.2. The summed E-state index contributed by atoms with van der Waals surface area (Å²) >= 11 is 26.2. The van der Waals surface area contributed by atoms with Crippen LogP contribution in [-0.4, -0.2) is 38.4 Å². The van der Waals surface area contributed by atoms with Gasteiger partial charge in [0.2, 0.25) is 0 Å². The number of methoxy groups -OCH3 is 4. The van der Waals surface area contributed by atoms with Crippen molar-refractivity contribution in [2.75, 3.05) is 28.4 Å². The second kappa shape index (κ2) is 14.3. The molecule has 0 N–H and O–H groups in total. The van der Waals surface area contributed by atoms with Crippen molar-refractivity contribution in [2.45, 2.75) is 25.0 Å². The molecule has 2 unspecified atom stereocenters. The van der Waals surface area contributed by atoms with Crippen molar-refractivity contribution < 1.29 is 23.7 Å². The van der Waals surface area contributed by atoms with Crippen molar-refractivity contribution in [3.05, 3.63) is 104 Å². The van der Waals surface area contributed by atoms with E-state index < -0.39 is 12.2 Å². The van der Waals surface area contributed by atoms with Crippen LogP contribution in [0.5, 0.6) is 23.0 Å². The number of hydrogen-bond acceptors (Lipinski definition) is 7. The highest BCUT2D eigenvalue weighted by Crippen LogP contribution is 2.41. The van der Waals surface area contributed by atoms with Gasteiger partial charge in [0.1, 0.15) is 0 Å². The van der Waals surface area contributed by atoms with Crippen molar-refractivity contribution in [2.24, 2.45) is 0 Å². The molecule has 0 amide bonds. The fourth-order valence-electron chi connectivity index (χ4n) is 4.43. The van der Waals surface area contributed by atoms with Gasteiger partial charge in [0.05, 0.1) is 60.7 Å². The molecule has 2 aromatic carbocycles. The maximum Gasteiger partial charge on any atom is 0.161 e. The molecule has 0 aliphatic rings. The first kappa shape index (κ1) is 31.0. The van der Waals surface area contributed by atoms with Crippen molar-refractivity contribution in [1.29, 1.82) is 0 Å². The third-order valence-corrected chi connectivity index (χ3v) is 7.87. The summed E-state index contributed by atoms with van der Waals surface area (Å²) in [5.74, 6) is 2.27. The smallest absolute Gasteiger partial charge is 0.161 e. The van der Waals surface area contributed by atoms with E-state index in [0.29, 0.717) is 67.1 Å². The highest BCUT2D eigenvalue weighted by Gasteiger charge is 2.26. The molecule has 0 aliphatic heterocycles. The minimum Gasteiger partial charge on any atom is -0.493 e. The number of halogens is 4. The zero-order chi connectivity index (χ0) is 29.5. The summed E-state index contributed by atoms with van der Waals surface area (Å²) in [4.78, 5) is 8.18. The van der Waals surface area contributed by atoms with E-state index >= 15 is 0 Å². The molecule has 4 aromatic rings. The predicted octanol–water partition coefficient (Wildman–Crippen LogP) is 8.41. The Kier molecular flexibility index (Phi) is 10.8. The van der Waals surface area contributed by atoms with Gasteiger partial charge in [-0.05, 0) is 46.5 Å². The van der Waals surface area contributed by atoms with Gasteiger partial charge in [-0.3, -0.25) is 9.97 Å². The van der Waals surface area contributed by atoms with Gasteiger partial charge in [0.15, 0.2) is 23.0 Å². The molecule has 0 fully saturated rings. The monoisotopic (exact) mass is 636 g/mol. The SMILES string of the molecule is COc1ccc(C(Cc2c(Cl)cncc2Cl)OC(Cc2c(Cl)cncc2Cl)c2ccc(OC)c(OC)c2)cc1OC. The van der Waals surface area contributed by atoms with Crippen LogP contribution in [0.2, 0.25) is 20.1 Å². The molecule has 0 saturated heterocycles. The molecule has 0 spiro atoms. The van der Waals surface area contributed by atoms with E-state index in [1.807, 2.05) is 36.4 Å². The minimum absolute atomic E-state index is 0.331. The molecule has 0 bridgehead atoms. The lowest BCUT2D eigenvalue weighted by molar-refractivity contribution is -0.0150. The number of benzene rings is 2. The Morgan fingerprint density at radius 3 is 1.20 bits per heavy atom. The zero-order valence-corrected chi connectivity index (χ0v) is 25.8. The molecule has 7 nitrogen and oxygen atoms in total. The van der Waals surface area contributed by atoms with Crippen LogP contribution in [0, 0.1) is 0 Å². The third-order valence-electron chi connectivity index (χ3n) is 6.57. The van der Waals surface area contributed by atoms with Crippen LogP contribution in [0.25, 0.3) is 0 Å². The second-order valence-electron chi connectivity index (χ2n) is 8.91. The Balaban J connectivity index is 1.84. The van der Waals surface area contributed by atoms with Crippen LogP contribution in [0.4, 0.5) is 0 Å². The van der Waals surface area contributed by atoms with Gasteiger partial charge < -0.3 is 23.7 Å². The number of pyridine rings is 2. The summed E-state index contributed by atoms with van der Waals surface area (Å²) in [7, 11) is 6.32. The molecule has 0 saturated carbocycles. The van der Waals surface area contributed by atoms with Crippen LogP contribution in [0.1, 0.15) is 34.5 Å². The normalized spacial score (nSPS) is 12.5. The Morgan fingerprint density at radius 1 is 0.537 bits per heavy atom. The van der Waals surface area contributed by atoms with Crippen LogP contribution in [0.15, 0.2) is 61.2 Å². The molecule has 2 aromatic heterocycles. The molecule has 216 valence electrons. The van der Waals surface area contributed by atoms with E-state index in [9.17, 15) is 0 Å². The maximum atomic E-state index is 6.93. The standard InChI is InChI=1S/C30H28Cl4N2O5/c1-37-25-7-5-17(9-29(25)39-3)27(11-19-21(31)13-35-14-22(19)32)41-28(12-20-23(33)15-36-16-24(20)34)18-6-8-26(38-2)30(10-18)40-4/h5-10,13-16,27-28H,11-12H2,1-4H3. The van der Waals surface area contributed by atoms with Crippen molar-refractivity contribution in [1.82, 2.24) is 9.97 Å². The van der Waals surface area contributed by atoms with E-state index in [4.69, 9.17) is 70.1 Å². The molecular weight excluding hydrogens is 610 g/mol. The summed E-state index contributed by atoms with van der Waals surface area (Å²) in [6.07, 6.45) is 5.77. The molecule has 4 rings (SSSR count). The summed E-state index contributed by atoms with van der Waals surface area (Å²) in [5, 5.41) is 1.70. The van der Waals surface area contributed by atoms with Gasteiger partial charge in [-0.2, -0.15) is 0 Å². The van der Waals surface area contributed by atoms with Crippen LogP contribution in [0.3, 0.4) is 0 Å². The predicted molar refractivity (Wildman–Crippen MR) is 162 cm³/mol. The van der Waals surface area contributed by atoms with Gasteiger partial charge in [-0.1, -0.05) is 58.5 Å². The summed E-state index contributed by atoms with van der Waals surface area (Å²) in [5.41, 5.74) is 3.00. The van der Waals surface area contributed by atoms with Gasteiger partial charge in [0, 0.05) is 37.6 Å². The lowest BCUT2D eigenvalue weighted by Gasteiger charge is -2.28. The highest BCUT2D eigenvalue weighted by molar-refractivity contribution is 6.36. The third kappa shape index (κ3) is 7.29. The number of nitrogens with zero attached hydrogens (tertiary/aromatic N) is 2. The lowest BCUT2D eigenvalue weighted by atomic mass is 9.98. The van der Waals surface area contributed by atoms with E-state index in [1.165, 1.54) is 0 Å². The number of ether oxygens (including phenoxy) is 5. The van der Waals surface area contributed by atoms with Gasteiger partial charge >= 0.3 is 0 Å². The van der Waals surface area contributed by atoms with E-state index in [0.717, 1.165) is 11.1 Å². The largest absolute Gasteiger partial charge is 0.493 e. The maximum absolute atomic E-state index is 6.93. The highest BCUT2D eigenvalue weighted by atomic mass is 35.5. The topological polar surface area (TPSA) is 71.9 Å². The van der Waals surface area contributed by atoms with Crippen LogP contribution < -0.4 is 18.9 Å². The quantitative estimate of drug-likeness (QED) is 0.154. The molecule has 2 atom stereocenters. The molecule has 2 heterocycles. The van der Waals surface area contributed by atoms with Gasteiger partial charge in [-0.15, -0.1) is 0 Å². The molecular formula is C30H28Cl4N2O5. The van der Waals surface area contributed by atoms with E-state index in [-0.39, 0.29) is 0 Å². The number of aromatic nitrogens is 2. The van der Waals surface area contributed by atoms with Crippen LogP contribution >= 0.6 is 46.4 Å². The first-order valence-electron chi connectivity index (χ1n) is 12.4. The minimum atomic E-state index is -0.551. The van der Waals surface area contributed by atoms with Gasteiger partial charge in [0.25, 0.3) is 0 Å². The number of hydrogen-bond donors (Lipinski definition) is 0. The molecule has 0 radical (unpaired) electrons. The van der Waals surface area contributed by atoms with Crippen molar-refractivity contribution in [3.63, 3.8) is 0 Å². The summed E-state index contributed by atoms with van der Waals surface area (Å²) in [6.45, 7) is 0. The Labute approximate surface area is 259 Å². The molecule has 11 heteroatoms. The lowest BCUT2D eigenvalue weighted by Crippen LogP contribution is -2.16. The Morgan fingerprint density at radius 2 is 0.878 bits per heavy atom. The molecule has 0 aliphatic carbocycles. The fourth-order valence-corrected chi connectivity index (χ4v) is 5.47. The first-order chi connectivity index (χ1) is 19.8. The van der Waals surface area contributed by atoms with Crippen molar-refractivity contribution in [3.8, 4) is 23.0 Å². The first-order valence-corrected chi connectivity index (χ1v) is 14.0. The zero-order valence-electron chi connectivity index (χ0n) is 22.8. The number of rotatable bonds is 12. The Hall–Kier alpha value is -2.94. The van der Waals surface area contributed by atoms with Crippen molar-refractivity contribution >= 4 is 46.4 Å².